The first-order valence-corrected chi connectivity index (χ1v) is 7.08. The highest BCUT2D eigenvalue weighted by atomic mass is 19.4. The van der Waals surface area contributed by atoms with Crippen molar-refractivity contribution in [1.82, 2.24) is 19.3 Å². The molecule has 3 rings (SSSR count). The van der Waals surface area contributed by atoms with Crippen LogP contribution < -0.4 is 5.56 Å². The quantitative estimate of drug-likeness (QED) is 0.785. The van der Waals surface area contributed by atoms with E-state index in [1.807, 2.05) is 0 Å². The van der Waals surface area contributed by atoms with Crippen LogP contribution in [0.2, 0.25) is 0 Å². The molecule has 24 heavy (non-hydrogen) atoms. The topological polar surface area (TPSA) is 72.9 Å². The van der Waals surface area contributed by atoms with E-state index in [0.717, 1.165) is 12.1 Å². The number of aliphatic hydroxyl groups excluding tert-OH is 1. The maximum absolute atomic E-state index is 12.6. The Bertz CT molecular complexity index is 913. The molecule has 0 fully saturated rings. The van der Waals surface area contributed by atoms with E-state index in [-0.39, 0.29) is 30.6 Å². The van der Waals surface area contributed by atoms with Crippen LogP contribution in [0.3, 0.4) is 0 Å². The van der Waals surface area contributed by atoms with Gasteiger partial charge >= 0.3 is 6.18 Å². The van der Waals surface area contributed by atoms with Gasteiger partial charge in [-0.1, -0.05) is 12.1 Å². The molecular formula is C15H13F3N4O2. The highest BCUT2D eigenvalue weighted by Gasteiger charge is 2.29. The fourth-order valence-electron chi connectivity index (χ4n) is 2.36. The van der Waals surface area contributed by atoms with Crippen molar-refractivity contribution in [2.24, 2.45) is 0 Å². The van der Waals surface area contributed by atoms with Crippen molar-refractivity contribution < 1.29 is 18.3 Å². The Morgan fingerprint density at radius 2 is 1.88 bits per heavy atom. The zero-order valence-electron chi connectivity index (χ0n) is 12.4. The zero-order chi connectivity index (χ0) is 17.3. The van der Waals surface area contributed by atoms with Crippen molar-refractivity contribution in [3.63, 3.8) is 0 Å². The first-order chi connectivity index (χ1) is 11.4. The summed E-state index contributed by atoms with van der Waals surface area (Å²) in [7, 11) is 0. The van der Waals surface area contributed by atoms with Crippen LogP contribution in [0.25, 0.3) is 11.0 Å². The third-order valence-electron chi connectivity index (χ3n) is 3.57. The molecule has 0 bridgehead atoms. The van der Waals surface area contributed by atoms with E-state index in [4.69, 9.17) is 5.11 Å². The molecule has 0 aliphatic rings. The number of fused-ring (bicyclic) bond motifs is 1. The number of aliphatic hydroxyl groups is 1. The molecule has 1 N–H and O–H groups in total. The minimum atomic E-state index is -4.39. The predicted molar refractivity (Wildman–Crippen MR) is 79.4 cm³/mol. The van der Waals surface area contributed by atoms with E-state index in [1.54, 1.807) is 0 Å². The van der Waals surface area contributed by atoms with Crippen LogP contribution in [-0.4, -0.2) is 31.0 Å². The summed E-state index contributed by atoms with van der Waals surface area (Å²) in [5.41, 5.74) is -0.173. The maximum atomic E-state index is 12.6. The average Bonchev–Trinajstić information content (AvgIpc) is 2.94. The van der Waals surface area contributed by atoms with E-state index >= 15 is 0 Å². The van der Waals surface area contributed by atoms with Gasteiger partial charge in [-0.3, -0.25) is 9.36 Å². The molecule has 0 aliphatic carbocycles. The Kier molecular flexibility index (Phi) is 4.10. The van der Waals surface area contributed by atoms with Crippen molar-refractivity contribution in [1.29, 1.82) is 0 Å². The molecule has 0 amide bonds. The molecular weight excluding hydrogens is 325 g/mol. The first-order valence-electron chi connectivity index (χ1n) is 7.08. The molecule has 0 unspecified atom stereocenters. The van der Waals surface area contributed by atoms with Gasteiger partial charge < -0.3 is 5.11 Å². The second-order valence-electron chi connectivity index (χ2n) is 5.20. The second kappa shape index (κ2) is 6.08. The second-order valence-corrected chi connectivity index (χ2v) is 5.20. The summed E-state index contributed by atoms with van der Waals surface area (Å²) in [5.74, 6) is 0. The van der Waals surface area contributed by atoms with Crippen LogP contribution >= 0.6 is 0 Å². The van der Waals surface area contributed by atoms with Crippen LogP contribution in [0.4, 0.5) is 13.2 Å². The number of halogens is 3. The summed E-state index contributed by atoms with van der Waals surface area (Å²) in [6.07, 6.45) is -1.71. The smallest absolute Gasteiger partial charge is 0.394 e. The standard InChI is InChI=1S/C15H13F3N4O2/c16-15(17,18)11-3-1-10(2-4-11)8-21-9-19-13-12(14(21)24)7-20-22(13)5-6-23/h1-4,7,9,23H,5-6,8H2. The maximum Gasteiger partial charge on any atom is 0.416 e. The fourth-order valence-corrected chi connectivity index (χ4v) is 2.36. The van der Waals surface area contributed by atoms with Crippen molar-refractivity contribution in [3.8, 4) is 0 Å². The molecule has 2 aromatic heterocycles. The monoisotopic (exact) mass is 338 g/mol. The Morgan fingerprint density at radius 1 is 1.17 bits per heavy atom. The van der Waals surface area contributed by atoms with Gasteiger partial charge in [-0.25, -0.2) is 9.67 Å². The van der Waals surface area contributed by atoms with E-state index < -0.39 is 11.7 Å². The van der Waals surface area contributed by atoms with Gasteiger partial charge in [-0.05, 0) is 17.7 Å². The number of rotatable bonds is 4. The number of aromatic nitrogens is 4. The molecule has 0 atom stereocenters. The number of hydrogen-bond acceptors (Lipinski definition) is 4. The number of nitrogens with zero attached hydrogens (tertiary/aromatic N) is 4. The Labute approximate surface area is 133 Å². The number of benzene rings is 1. The molecule has 126 valence electrons. The van der Waals surface area contributed by atoms with E-state index in [1.165, 1.54) is 33.9 Å². The Hall–Kier alpha value is -2.68. The van der Waals surface area contributed by atoms with Gasteiger partial charge in [0, 0.05) is 0 Å². The van der Waals surface area contributed by atoms with Gasteiger partial charge in [-0.2, -0.15) is 18.3 Å². The normalized spacial score (nSPS) is 12.0. The van der Waals surface area contributed by atoms with Crippen molar-refractivity contribution in [3.05, 3.63) is 58.3 Å². The molecule has 0 saturated heterocycles. The average molecular weight is 338 g/mol. The Balaban J connectivity index is 1.90. The van der Waals surface area contributed by atoms with E-state index in [0.29, 0.717) is 11.2 Å². The molecule has 0 spiro atoms. The Morgan fingerprint density at radius 3 is 2.50 bits per heavy atom. The van der Waals surface area contributed by atoms with Crippen molar-refractivity contribution >= 4 is 11.0 Å². The molecule has 3 aromatic rings. The summed E-state index contributed by atoms with van der Waals surface area (Å²) < 4.78 is 40.4. The molecule has 1 aromatic carbocycles. The highest BCUT2D eigenvalue weighted by molar-refractivity contribution is 5.72. The first kappa shape index (κ1) is 16.2. The minimum absolute atomic E-state index is 0.102. The third-order valence-corrected chi connectivity index (χ3v) is 3.57. The number of hydrogen-bond donors (Lipinski definition) is 1. The molecule has 0 aliphatic heterocycles. The lowest BCUT2D eigenvalue weighted by molar-refractivity contribution is -0.137. The lowest BCUT2D eigenvalue weighted by atomic mass is 10.1. The summed E-state index contributed by atoms with van der Waals surface area (Å²) in [5, 5.41) is 13.2. The lowest BCUT2D eigenvalue weighted by Gasteiger charge is -2.09. The van der Waals surface area contributed by atoms with Gasteiger partial charge in [0.1, 0.15) is 11.7 Å². The summed E-state index contributed by atoms with van der Waals surface area (Å²) in [6, 6.07) is 4.61. The van der Waals surface area contributed by atoms with Crippen molar-refractivity contribution in [2.45, 2.75) is 19.3 Å². The number of alkyl halides is 3. The van der Waals surface area contributed by atoms with E-state index in [2.05, 4.69) is 10.1 Å². The summed E-state index contributed by atoms with van der Waals surface area (Å²) >= 11 is 0. The molecule has 6 nitrogen and oxygen atoms in total. The van der Waals surface area contributed by atoms with Gasteiger partial charge in [0.25, 0.3) is 5.56 Å². The molecule has 0 saturated carbocycles. The van der Waals surface area contributed by atoms with Gasteiger partial charge in [-0.15, -0.1) is 0 Å². The molecule has 0 radical (unpaired) electrons. The van der Waals surface area contributed by atoms with Gasteiger partial charge in [0.05, 0.1) is 31.5 Å². The van der Waals surface area contributed by atoms with Crippen LogP contribution in [0.1, 0.15) is 11.1 Å². The largest absolute Gasteiger partial charge is 0.416 e. The predicted octanol–water partition coefficient (Wildman–Crippen LogP) is 1.65. The fraction of sp³-hybridized carbons (Fsp3) is 0.267. The van der Waals surface area contributed by atoms with Crippen LogP contribution in [-0.2, 0) is 19.3 Å². The molecule has 2 heterocycles. The lowest BCUT2D eigenvalue weighted by Crippen LogP contribution is -2.21. The van der Waals surface area contributed by atoms with Crippen LogP contribution in [0.5, 0.6) is 0 Å². The van der Waals surface area contributed by atoms with Crippen LogP contribution in [0.15, 0.2) is 41.6 Å². The highest BCUT2D eigenvalue weighted by Crippen LogP contribution is 2.29. The summed E-state index contributed by atoms with van der Waals surface area (Å²) in [6.45, 7) is 0.192. The van der Waals surface area contributed by atoms with Gasteiger partial charge in [0.15, 0.2) is 5.65 Å². The zero-order valence-corrected chi connectivity index (χ0v) is 12.4. The van der Waals surface area contributed by atoms with Crippen molar-refractivity contribution in [2.75, 3.05) is 6.61 Å². The molecule has 9 heteroatoms. The van der Waals surface area contributed by atoms with E-state index in [9.17, 15) is 18.0 Å². The van der Waals surface area contributed by atoms with Crippen LogP contribution in [0, 0.1) is 0 Å². The third kappa shape index (κ3) is 3.02. The van der Waals surface area contributed by atoms with Gasteiger partial charge in [0.2, 0.25) is 0 Å². The minimum Gasteiger partial charge on any atom is -0.394 e. The summed E-state index contributed by atoms with van der Waals surface area (Å²) in [4.78, 5) is 16.5. The SMILES string of the molecule is O=c1c2cnn(CCO)c2ncn1Cc1ccc(C(F)(F)F)cc1.